The van der Waals surface area contributed by atoms with E-state index in [0.29, 0.717) is 0 Å². The van der Waals surface area contributed by atoms with Crippen molar-refractivity contribution in [2.45, 2.75) is 19.1 Å². The van der Waals surface area contributed by atoms with E-state index in [1.54, 1.807) is 14.2 Å². The lowest BCUT2D eigenvalue weighted by Gasteiger charge is -2.04. The summed E-state index contributed by atoms with van der Waals surface area (Å²) in [4.78, 5) is 0. The first-order valence-corrected chi connectivity index (χ1v) is 8.50. The third kappa shape index (κ3) is 3.99. The molecule has 0 aromatic heterocycles. The summed E-state index contributed by atoms with van der Waals surface area (Å²) in [5.74, 6) is 7.92. The summed E-state index contributed by atoms with van der Waals surface area (Å²) in [6.45, 7) is 4.58. The first-order valence-electron chi connectivity index (χ1n) is 5.37. The molecule has 1 rings (SSSR count). The molecular weight excluding hydrogens is 216 g/mol. The summed E-state index contributed by atoms with van der Waals surface area (Å²) >= 11 is 0. The number of hydrogen-bond donors (Lipinski definition) is 0. The topological polar surface area (TPSA) is 18.5 Å². The Morgan fingerprint density at radius 1 is 1.06 bits per heavy atom. The van der Waals surface area contributed by atoms with Crippen molar-refractivity contribution in [1.29, 1.82) is 0 Å². The highest BCUT2D eigenvalue weighted by Gasteiger charge is 1.99. The van der Waals surface area contributed by atoms with Gasteiger partial charge in [-0.3, -0.25) is 0 Å². The molecular formula is C13H18O2Si. The van der Waals surface area contributed by atoms with Crippen LogP contribution in [-0.4, -0.2) is 23.0 Å². The first-order chi connectivity index (χ1) is 7.65. The molecule has 0 atom stereocenters. The summed E-state index contributed by atoms with van der Waals surface area (Å²) in [5, 5.41) is 0. The molecule has 86 valence electrons. The highest BCUT2D eigenvalue weighted by molar-refractivity contribution is 6.56. The van der Waals surface area contributed by atoms with Gasteiger partial charge in [-0.2, -0.15) is 0 Å². The summed E-state index contributed by atoms with van der Waals surface area (Å²) in [7, 11) is 2.70. The molecule has 0 aliphatic heterocycles. The molecule has 0 saturated carbocycles. The van der Waals surface area contributed by atoms with Gasteiger partial charge in [-0.25, -0.2) is 0 Å². The van der Waals surface area contributed by atoms with Crippen LogP contribution in [0.2, 0.25) is 19.1 Å². The Morgan fingerprint density at radius 2 is 1.62 bits per heavy atom. The van der Waals surface area contributed by atoms with Gasteiger partial charge in [-0.1, -0.05) is 19.0 Å². The molecule has 0 amide bonds. The van der Waals surface area contributed by atoms with Crippen molar-refractivity contribution in [3.63, 3.8) is 0 Å². The Bertz CT molecular complexity index is 380. The Labute approximate surface area is 99.2 Å². The average molecular weight is 234 g/mol. The Kier molecular flexibility index (Phi) is 4.94. The van der Waals surface area contributed by atoms with Crippen LogP contribution in [0.15, 0.2) is 18.2 Å². The molecule has 0 fully saturated rings. The highest BCUT2D eigenvalue weighted by atomic mass is 28.3. The van der Waals surface area contributed by atoms with E-state index in [4.69, 9.17) is 9.47 Å². The molecule has 0 aliphatic carbocycles. The quantitative estimate of drug-likeness (QED) is 0.591. The second-order valence-electron chi connectivity index (χ2n) is 4.00. The molecule has 0 radical (unpaired) electrons. The van der Waals surface area contributed by atoms with Gasteiger partial charge in [0.15, 0.2) is 0 Å². The molecule has 2 nitrogen and oxygen atoms in total. The minimum Gasteiger partial charge on any atom is -0.497 e. The highest BCUT2D eigenvalue weighted by Crippen LogP contribution is 2.21. The summed E-state index contributed by atoms with van der Waals surface area (Å²) in [6.07, 6.45) is 0. The monoisotopic (exact) mass is 234 g/mol. The van der Waals surface area contributed by atoms with Gasteiger partial charge in [0.1, 0.15) is 11.5 Å². The smallest absolute Gasteiger partial charge is 0.123 e. The molecule has 1 aromatic carbocycles. The number of ether oxygens (including phenoxy) is 2. The second-order valence-corrected chi connectivity index (χ2v) is 7.20. The van der Waals surface area contributed by atoms with Crippen LogP contribution < -0.4 is 9.47 Å². The third-order valence-electron chi connectivity index (χ3n) is 2.09. The number of methoxy groups -OCH3 is 2. The van der Waals surface area contributed by atoms with Crippen LogP contribution in [-0.2, 0) is 0 Å². The fourth-order valence-corrected chi connectivity index (χ4v) is 1.75. The SMILES string of the molecule is COc1cc(C#CC[SiH](C)C)cc(OC)c1. The van der Waals surface area contributed by atoms with Crippen molar-refractivity contribution >= 4 is 8.80 Å². The van der Waals surface area contributed by atoms with Gasteiger partial charge < -0.3 is 9.47 Å². The maximum atomic E-state index is 5.19. The minimum absolute atomic E-state index is 0.587. The normalized spacial score (nSPS) is 9.56. The summed E-state index contributed by atoms with van der Waals surface area (Å²) < 4.78 is 10.4. The van der Waals surface area contributed by atoms with Crippen molar-refractivity contribution in [2.24, 2.45) is 0 Å². The van der Waals surface area contributed by atoms with E-state index in [2.05, 4.69) is 24.9 Å². The molecule has 0 aliphatic rings. The zero-order valence-electron chi connectivity index (χ0n) is 10.3. The Hall–Kier alpha value is -1.40. The third-order valence-corrected chi connectivity index (χ3v) is 3.12. The van der Waals surface area contributed by atoms with Crippen molar-refractivity contribution in [3.05, 3.63) is 23.8 Å². The summed E-state index contributed by atoms with van der Waals surface area (Å²) in [5.41, 5.74) is 0.950. The lowest BCUT2D eigenvalue weighted by Crippen LogP contribution is -1.95. The number of hydrogen-bond acceptors (Lipinski definition) is 2. The van der Waals surface area contributed by atoms with E-state index in [9.17, 15) is 0 Å². The largest absolute Gasteiger partial charge is 0.497 e. The number of rotatable bonds is 3. The van der Waals surface area contributed by atoms with Gasteiger partial charge in [-0.05, 0) is 12.1 Å². The van der Waals surface area contributed by atoms with E-state index in [1.165, 1.54) is 0 Å². The number of benzene rings is 1. The molecule has 1 aromatic rings. The molecule has 0 unspecified atom stereocenters. The standard InChI is InChI=1S/C13H18O2Si/c1-14-12-8-11(6-5-7-16(3)4)9-13(10-12)15-2/h8-10,16H,7H2,1-4H3. The van der Waals surface area contributed by atoms with Gasteiger partial charge >= 0.3 is 0 Å². The molecule has 3 heteroatoms. The van der Waals surface area contributed by atoms with Crippen LogP contribution in [0.3, 0.4) is 0 Å². The zero-order valence-corrected chi connectivity index (χ0v) is 11.5. The molecule has 0 heterocycles. The van der Waals surface area contributed by atoms with Gasteiger partial charge in [-0.15, -0.1) is 5.92 Å². The van der Waals surface area contributed by atoms with E-state index in [-0.39, 0.29) is 0 Å². The molecule has 0 bridgehead atoms. The van der Waals surface area contributed by atoms with Gasteiger partial charge in [0, 0.05) is 26.5 Å². The van der Waals surface area contributed by atoms with Crippen molar-refractivity contribution < 1.29 is 9.47 Å². The van der Waals surface area contributed by atoms with Crippen LogP contribution in [0.4, 0.5) is 0 Å². The van der Waals surface area contributed by atoms with Crippen LogP contribution in [0.1, 0.15) is 5.56 Å². The van der Waals surface area contributed by atoms with Crippen LogP contribution in [0, 0.1) is 11.8 Å². The average Bonchev–Trinajstić information content (AvgIpc) is 2.28. The maximum absolute atomic E-state index is 5.19. The predicted molar refractivity (Wildman–Crippen MR) is 70.1 cm³/mol. The summed E-state index contributed by atoms with van der Waals surface area (Å²) in [6, 6.07) is 6.75. The molecule has 16 heavy (non-hydrogen) atoms. The second kappa shape index (κ2) is 6.24. The van der Waals surface area contributed by atoms with Crippen LogP contribution in [0.5, 0.6) is 11.5 Å². The Balaban J connectivity index is 2.89. The van der Waals surface area contributed by atoms with Gasteiger partial charge in [0.25, 0.3) is 0 Å². The van der Waals surface area contributed by atoms with Crippen molar-refractivity contribution in [2.75, 3.05) is 14.2 Å². The molecule has 0 spiro atoms. The zero-order chi connectivity index (χ0) is 12.0. The minimum atomic E-state index is -0.587. The van der Waals surface area contributed by atoms with E-state index >= 15 is 0 Å². The maximum Gasteiger partial charge on any atom is 0.123 e. The Morgan fingerprint density at radius 3 is 2.06 bits per heavy atom. The van der Waals surface area contributed by atoms with Crippen LogP contribution >= 0.6 is 0 Å². The fourth-order valence-electron chi connectivity index (χ4n) is 1.24. The lowest BCUT2D eigenvalue weighted by molar-refractivity contribution is 0.394. The van der Waals surface area contributed by atoms with Gasteiger partial charge in [0.05, 0.1) is 14.2 Å². The molecule has 0 N–H and O–H groups in total. The predicted octanol–water partition coefficient (Wildman–Crippen LogP) is 2.54. The van der Waals surface area contributed by atoms with E-state index in [0.717, 1.165) is 23.1 Å². The van der Waals surface area contributed by atoms with Gasteiger partial charge in [0.2, 0.25) is 0 Å². The van der Waals surface area contributed by atoms with Crippen molar-refractivity contribution in [3.8, 4) is 23.3 Å². The lowest BCUT2D eigenvalue weighted by atomic mass is 10.2. The van der Waals surface area contributed by atoms with E-state index < -0.39 is 8.80 Å². The first kappa shape index (κ1) is 12.7. The van der Waals surface area contributed by atoms with Crippen molar-refractivity contribution in [1.82, 2.24) is 0 Å². The molecule has 0 saturated heterocycles. The fraction of sp³-hybridized carbons (Fsp3) is 0.385. The van der Waals surface area contributed by atoms with Crippen LogP contribution in [0.25, 0.3) is 0 Å². The van der Waals surface area contributed by atoms with E-state index in [1.807, 2.05) is 18.2 Å².